The van der Waals surface area contributed by atoms with E-state index in [2.05, 4.69) is 0 Å². The second-order valence-electron chi connectivity index (χ2n) is 5.18. The Morgan fingerprint density at radius 3 is 2.55 bits per heavy atom. The number of benzene rings is 1. The fourth-order valence-corrected chi connectivity index (χ4v) is 3.15. The third kappa shape index (κ3) is 3.72. The molecule has 1 aromatic rings. The zero-order valence-electron chi connectivity index (χ0n) is 11.7. The van der Waals surface area contributed by atoms with Crippen LogP contribution < -0.4 is 0 Å². The van der Waals surface area contributed by atoms with E-state index in [1.54, 1.807) is 19.1 Å². The van der Waals surface area contributed by atoms with E-state index in [0.717, 1.165) is 5.56 Å². The van der Waals surface area contributed by atoms with Crippen molar-refractivity contribution in [3.8, 4) is 0 Å². The Labute approximate surface area is 126 Å². The average molecular weight is 335 g/mol. The van der Waals surface area contributed by atoms with E-state index in [9.17, 15) is 22.0 Å². The summed E-state index contributed by atoms with van der Waals surface area (Å²) in [6.45, 7) is 0.182. The van der Waals surface area contributed by atoms with Crippen molar-refractivity contribution in [3.63, 3.8) is 0 Å². The highest BCUT2D eigenvalue weighted by Gasteiger charge is 2.47. The highest BCUT2D eigenvalue weighted by Crippen LogP contribution is 2.32. The van der Waals surface area contributed by atoms with E-state index in [0.29, 0.717) is 4.90 Å². The molecule has 6 nitrogen and oxygen atoms in total. The Morgan fingerprint density at radius 2 is 2.00 bits per heavy atom. The molecule has 1 N–H and O–H groups in total. The van der Waals surface area contributed by atoms with Crippen LogP contribution in [0, 0.1) is 6.92 Å². The van der Waals surface area contributed by atoms with Gasteiger partial charge < -0.3 is 5.11 Å². The number of alkyl halides is 2. The van der Waals surface area contributed by atoms with Crippen molar-refractivity contribution >= 4 is 16.2 Å². The minimum Gasteiger partial charge on any atom is -0.465 e. The largest absolute Gasteiger partial charge is 0.465 e. The van der Waals surface area contributed by atoms with E-state index in [-0.39, 0.29) is 4.90 Å². The number of halogens is 2. The number of hydrogen-bond acceptors (Lipinski definition) is 4. The van der Waals surface area contributed by atoms with Crippen molar-refractivity contribution < 1.29 is 31.3 Å². The second kappa shape index (κ2) is 5.81. The molecule has 1 amide bonds. The molecule has 0 aliphatic carbocycles. The number of amides is 1. The van der Waals surface area contributed by atoms with Crippen LogP contribution in [0.25, 0.3) is 0 Å². The predicted molar refractivity (Wildman–Crippen MR) is 72.4 cm³/mol. The first-order chi connectivity index (χ1) is 10.1. The number of hydrogen-bond donors (Lipinski definition) is 1. The summed E-state index contributed by atoms with van der Waals surface area (Å²) < 4.78 is 55.2. The number of aryl methyl sites for hydroxylation is 1. The van der Waals surface area contributed by atoms with Gasteiger partial charge in [0.1, 0.15) is 0 Å². The van der Waals surface area contributed by atoms with Crippen LogP contribution >= 0.6 is 0 Å². The van der Waals surface area contributed by atoms with Gasteiger partial charge in [-0.15, -0.1) is 0 Å². The quantitative estimate of drug-likeness (QED) is 0.852. The number of likely N-dealkylation sites (tertiary alicyclic amines) is 1. The standard InChI is InChI=1S/C13H15F2NO5S/c1-9-2-4-11(5-3-9)22(19,20)21-7-10-6-13(14,15)8-16(10)12(17)18/h2-5,10H,6-8H2,1H3,(H,17,18)/t10-/m0/s1. The lowest BCUT2D eigenvalue weighted by Gasteiger charge is -2.20. The highest BCUT2D eigenvalue weighted by molar-refractivity contribution is 7.86. The second-order valence-corrected chi connectivity index (χ2v) is 6.79. The molecule has 1 saturated heterocycles. The normalized spacial score (nSPS) is 21.0. The fourth-order valence-electron chi connectivity index (χ4n) is 2.21. The first-order valence-electron chi connectivity index (χ1n) is 6.44. The molecule has 0 aromatic heterocycles. The van der Waals surface area contributed by atoms with Crippen LogP contribution in [0.3, 0.4) is 0 Å². The number of rotatable bonds is 4. The van der Waals surface area contributed by atoms with Gasteiger partial charge in [-0.25, -0.2) is 13.6 Å². The summed E-state index contributed by atoms with van der Waals surface area (Å²) in [5, 5.41) is 8.88. The molecule has 1 atom stereocenters. The molecule has 0 unspecified atom stereocenters. The molecule has 0 radical (unpaired) electrons. The first-order valence-corrected chi connectivity index (χ1v) is 7.85. The van der Waals surface area contributed by atoms with Crippen molar-refractivity contribution in [2.45, 2.75) is 30.2 Å². The van der Waals surface area contributed by atoms with Crippen molar-refractivity contribution in [1.29, 1.82) is 0 Å². The maximum atomic E-state index is 13.3. The van der Waals surface area contributed by atoms with E-state index in [1.807, 2.05) is 0 Å². The molecule has 0 bridgehead atoms. The molecule has 122 valence electrons. The summed E-state index contributed by atoms with van der Waals surface area (Å²) in [7, 11) is -4.12. The first kappa shape index (κ1) is 16.6. The van der Waals surface area contributed by atoms with Crippen molar-refractivity contribution in [2.75, 3.05) is 13.2 Å². The Morgan fingerprint density at radius 1 is 1.41 bits per heavy atom. The van der Waals surface area contributed by atoms with Crippen LogP contribution in [0.2, 0.25) is 0 Å². The van der Waals surface area contributed by atoms with Crippen molar-refractivity contribution in [2.24, 2.45) is 0 Å². The third-order valence-electron chi connectivity index (χ3n) is 3.35. The van der Waals surface area contributed by atoms with Gasteiger partial charge in [0.05, 0.1) is 24.1 Å². The Balaban J connectivity index is 2.08. The lowest BCUT2D eigenvalue weighted by Crippen LogP contribution is -2.38. The number of nitrogens with zero attached hydrogens (tertiary/aromatic N) is 1. The summed E-state index contributed by atoms with van der Waals surface area (Å²) in [6.07, 6.45) is -2.29. The van der Waals surface area contributed by atoms with Crippen LogP contribution in [-0.4, -0.2) is 49.6 Å². The van der Waals surface area contributed by atoms with Gasteiger partial charge in [-0.3, -0.25) is 9.08 Å². The predicted octanol–water partition coefficient (Wildman–Crippen LogP) is 2.09. The molecule has 0 saturated carbocycles. The maximum Gasteiger partial charge on any atom is 0.407 e. The summed E-state index contributed by atoms with van der Waals surface area (Å²) in [6, 6.07) is 4.62. The average Bonchev–Trinajstić information content (AvgIpc) is 2.73. The van der Waals surface area contributed by atoms with Gasteiger partial charge in [-0.05, 0) is 19.1 Å². The Kier molecular flexibility index (Phi) is 4.39. The molecule has 2 rings (SSSR count). The minimum atomic E-state index is -4.12. The summed E-state index contributed by atoms with van der Waals surface area (Å²) >= 11 is 0. The summed E-state index contributed by atoms with van der Waals surface area (Å²) in [4.78, 5) is 11.3. The van der Waals surface area contributed by atoms with E-state index < -0.39 is 47.7 Å². The number of carboxylic acid groups (broad SMARTS) is 1. The van der Waals surface area contributed by atoms with E-state index in [4.69, 9.17) is 9.29 Å². The zero-order chi connectivity index (χ0) is 16.5. The van der Waals surface area contributed by atoms with Gasteiger partial charge in [-0.2, -0.15) is 8.42 Å². The molecule has 0 spiro atoms. The molecule has 22 heavy (non-hydrogen) atoms. The topological polar surface area (TPSA) is 83.9 Å². The van der Waals surface area contributed by atoms with Gasteiger partial charge >= 0.3 is 6.09 Å². The highest BCUT2D eigenvalue weighted by atomic mass is 32.2. The molecule has 9 heteroatoms. The maximum absolute atomic E-state index is 13.3. The van der Waals surface area contributed by atoms with Crippen LogP contribution in [0.5, 0.6) is 0 Å². The molecule has 1 aliphatic rings. The van der Waals surface area contributed by atoms with Gasteiger partial charge in [0.25, 0.3) is 16.0 Å². The summed E-state index contributed by atoms with van der Waals surface area (Å²) in [5.41, 5.74) is 0.853. The molecular weight excluding hydrogens is 320 g/mol. The number of carbonyl (C=O) groups is 1. The molecule has 1 fully saturated rings. The Bertz CT molecular complexity index is 660. The van der Waals surface area contributed by atoms with Crippen molar-refractivity contribution in [1.82, 2.24) is 4.90 Å². The molecular formula is C13H15F2NO5S. The fraction of sp³-hybridized carbons (Fsp3) is 0.462. The smallest absolute Gasteiger partial charge is 0.407 e. The zero-order valence-corrected chi connectivity index (χ0v) is 12.5. The molecule has 1 aliphatic heterocycles. The molecule has 1 aromatic carbocycles. The van der Waals surface area contributed by atoms with Gasteiger partial charge in [0.2, 0.25) is 0 Å². The molecule has 1 heterocycles. The lowest BCUT2D eigenvalue weighted by molar-refractivity contribution is 0.0124. The summed E-state index contributed by atoms with van der Waals surface area (Å²) in [5.74, 6) is -3.18. The monoisotopic (exact) mass is 335 g/mol. The SMILES string of the molecule is Cc1ccc(S(=O)(=O)OC[C@@H]2CC(F)(F)CN2C(=O)O)cc1. The van der Waals surface area contributed by atoms with E-state index in [1.165, 1.54) is 12.1 Å². The Hall–Kier alpha value is -1.74. The van der Waals surface area contributed by atoms with Gasteiger partial charge in [0.15, 0.2) is 0 Å². The van der Waals surface area contributed by atoms with E-state index >= 15 is 0 Å². The van der Waals surface area contributed by atoms with Crippen LogP contribution in [0.1, 0.15) is 12.0 Å². The van der Waals surface area contributed by atoms with Crippen LogP contribution in [0.15, 0.2) is 29.2 Å². The van der Waals surface area contributed by atoms with Gasteiger partial charge in [-0.1, -0.05) is 17.7 Å². The minimum absolute atomic E-state index is 0.107. The van der Waals surface area contributed by atoms with Crippen LogP contribution in [-0.2, 0) is 14.3 Å². The third-order valence-corrected chi connectivity index (χ3v) is 4.64. The lowest BCUT2D eigenvalue weighted by atomic mass is 10.2. The van der Waals surface area contributed by atoms with Crippen LogP contribution in [0.4, 0.5) is 13.6 Å². The van der Waals surface area contributed by atoms with Crippen molar-refractivity contribution in [3.05, 3.63) is 29.8 Å². The van der Waals surface area contributed by atoms with Gasteiger partial charge in [0, 0.05) is 6.42 Å².